The molecule has 0 amide bonds. The molecule has 0 radical (unpaired) electrons. The van der Waals surface area contributed by atoms with E-state index < -0.39 is 15.6 Å². The molecule has 7 heteroatoms. The van der Waals surface area contributed by atoms with Gasteiger partial charge in [0.15, 0.2) is 5.78 Å². The molecule has 0 unspecified atom stereocenters. The van der Waals surface area contributed by atoms with Crippen LogP contribution in [0.15, 0.2) is 18.2 Å². The smallest absolute Gasteiger partial charge is 0.211 e. The first kappa shape index (κ1) is 15.3. The van der Waals surface area contributed by atoms with E-state index in [0.717, 1.165) is 0 Å². The van der Waals surface area contributed by atoms with Crippen molar-refractivity contribution in [3.8, 4) is 11.5 Å². The van der Waals surface area contributed by atoms with Gasteiger partial charge in [0, 0.05) is 25.9 Å². The summed E-state index contributed by atoms with van der Waals surface area (Å²) in [6.45, 7) is 0.773. The fraction of sp³-hybridized carbons (Fsp3) is 0.533. The number of Topliss-reactive ketones (excluding diaryl/α,β-unsaturated/α-hetero) is 1. The summed E-state index contributed by atoms with van der Waals surface area (Å²) >= 11 is 0. The Balaban J connectivity index is 1.83. The maximum absolute atomic E-state index is 12.4. The number of piperidine rings is 1. The Morgan fingerprint density at radius 3 is 2.55 bits per heavy atom. The second-order valence-electron chi connectivity index (χ2n) is 5.91. The molecule has 2 aliphatic rings. The molecule has 1 spiro atoms. The van der Waals surface area contributed by atoms with Gasteiger partial charge in [-0.05, 0) is 18.2 Å². The third-order valence-corrected chi connectivity index (χ3v) is 5.70. The summed E-state index contributed by atoms with van der Waals surface area (Å²) in [5.74, 6) is 1.20. The Labute approximate surface area is 130 Å². The summed E-state index contributed by atoms with van der Waals surface area (Å²) < 4.78 is 35.9. The minimum Gasteiger partial charge on any atom is -0.497 e. The zero-order chi connectivity index (χ0) is 16.0. The molecule has 120 valence electrons. The highest BCUT2D eigenvalue weighted by Crippen LogP contribution is 2.40. The topological polar surface area (TPSA) is 72.9 Å². The Kier molecular flexibility index (Phi) is 3.65. The van der Waals surface area contributed by atoms with Crippen molar-refractivity contribution in [1.29, 1.82) is 0 Å². The normalized spacial score (nSPS) is 21.3. The van der Waals surface area contributed by atoms with E-state index in [1.165, 1.54) is 10.6 Å². The lowest BCUT2D eigenvalue weighted by Crippen LogP contribution is -2.52. The summed E-state index contributed by atoms with van der Waals surface area (Å²) in [6, 6.07) is 5.20. The maximum Gasteiger partial charge on any atom is 0.211 e. The van der Waals surface area contributed by atoms with Crippen LogP contribution in [0.25, 0.3) is 0 Å². The van der Waals surface area contributed by atoms with Crippen LogP contribution >= 0.6 is 0 Å². The van der Waals surface area contributed by atoms with Crippen LogP contribution in [0.2, 0.25) is 0 Å². The fourth-order valence-electron chi connectivity index (χ4n) is 3.10. The molecule has 0 aromatic heterocycles. The Bertz CT molecular complexity index is 705. The molecule has 1 aromatic rings. The minimum atomic E-state index is -3.19. The molecule has 6 nitrogen and oxygen atoms in total. The largest absolute Gasteiger partial charge is 0.497 e. The number of rotatable bonds is 2. The molecule has 0 bridgehead atoms. The van der Waals surface area contributed by atoms with Gasteiger partial charge in [0.2, 0.25) is 10.0 Å². The Morgan fingerprint density at radius 2 is 1.95 bits per heavy atom. The first-order valence-electron chi connectivity index (χ1n) is 7.18. The molecule has 0 N–H and O–H groups in total. The number of hydrogen-bond donors (Lipinski definition) is 0. The number of hydrogen-bond acceptors (Lipinski definition) is 5. The van der Waals surface area contributed by atoms with Gasteiger partial charge in [0.25, 0.3) is 0 Å². The quantitative estimate of drug-likeness (QED) is 0.823. The van der Waals surface area contributed by atoms with Crippen LogP contribution in [0, 0.1) is 0 Å². The summed E-state index contributed by atoms with van der Waals surface area (Å²) in [7, 11) is -1.63. The van der Waals surface area contributed by atoms with Gasteiger partial charge in [-0.3, -0.25) is 4.79 Å². The summed E-state index contributed by atoms with van der Waals surface area (Å²) in [5, 5.41) is 0. The van der Waals surface area contributed by atoms with Gasteiger partial charge in [-0.15, -0.1) is 0 Å². The number of carbonyl (C=O) groups is 1. The standard InChI is InChI=1S/C15H19NO5S/c1-20-11-3-4-14-12(9-11)13(17)10-15(21-14)5-7-16(8-6-15)22(2,18)19/h3-4,9H,5-8,10H2,1-2H3. The SMILES string of the molecule is COc1ccc2c(c1)C(=O)CC1(CCN(S(C)(=O)=O)CC1)O2. The lowest BCUT2D eigenvalue weighted by atomic mass is 9.83. The highest BCUT2D eigenvalue weighted by atomic mass is 32.2. The molecule has 22 heavy (non-hydrogen) atoms. The highest BCUT2D eigenvalue weighted by Gasteiger charge is 2.44. The molecular weight excluding hydrogens is 306 g/mol. The van der Waals surface area contributed by atoms with Crippen molar-refractivity contribution in [2.45, 2.75) is 24.9 Å². The predicted octanol–water partition coefficient (Wildman–Crippen LogP) is 1.45. The van der Waals surface area contributed by atoms with E-state index in [9.17, 15) is 13.2 Å². The van der Waals surface area contributed by atoms with Gasteiger partial charge in [0.05, 0.1) is 25.3 Å². The van der Waals surface area contributed by atoms with E-state index in [2.05, 4.69) is 0 Å². The number of ether oxygens (including phenoxy) is 2. The second-order valence-corrected chi connectivity index (χ2v) is 7.89. The van der Waals surface area contributed by atoms with E-state index >= 15 is 0 Å². The molecule has 0 atom stereocenters. The summed E-state index contributed by atoms with van der Waals surface area (Å²) in [4.78, 5) is 12.4. The third-order valence-electron chi connectivity index (χ3n) is 4.40. The molecule has 2 aliphatic heterocycles. The molecule has 1 aromatic carbocycles. The van der Waals surface area contributed by atoms with Crippen LogP contribution in [-0.4, -0.2) is 50.6 Å². The van der Waals surface area contributed by atoms with Gasteiger partial charge < -0.3 is 9.47 Å². The molecule has 3 rings (SSSR count). The van der Waals surface area contributed by atoms with Crippen molar-refractivity contribution in [1.82, 2.24) is 4.31 Å². The van der Waals surface area contributed by atoms with Crippen molar-refractivity contribution in [3.05, 3.63) is 23.8 Å². The average Bonchev–Trinajstić information content (AvgIpc) is 2.46. The predicted molar refractivity (Wildman–Crippen MR) is 81.0 cm³/mol. The molecule has 1 saturated heterocycles. The van der Waals surface area contributed by atoms with Crippen molar-refractivity contribution >= 4 is 15.8 Å². The number of methoxy groups -OCH3 is 1. The lowest BCUT2D eigenvalue weighted by Gasteiger charge is -2.43. The molecule has 2 heterocycles. The third kappa shape index (κ3) is 2.70. The van der Waals surface area contributed by atoms with E-state index in [1.807, 2.05) is 0 Å². The van der Waals surface area contributed by atoms with Crippen LogP contribution in [0.5, 0.6) is 11.5 Å². The van der Waals surface area contributed by atoms with Crippen molar-refractivity contribution < 1.29 is 22.7 Å². The maximum atomic E-state index is 12.4. The lowest BCUT2D eigenvalue weighted by molar-refractivity contribution is 0.00594. The van der Waals surface area contributed by atoms with E-state index in [4.69, 9.17) is 9.47 Å². The van der Waals surface area contributed by atoms with Crippen LogP contribution in [0.4, 0.5) is 0 Å². The number of nitrogens with zero attached hydrogens (tertiary/aromatic N) is 1. The first-order valence-corrected chi connectivity index (χ1v) is 9.03. The van der Waals surface area contributed by atoms with Gasteiger partial charge >= 0.3 is 0 Å². The van der Waals surface area contributed by atoms with Crippen LogP contribution < -0.4 is 9.47 Å². The zero-order valence-corrected chi connectivity index (χ0v) is 13.5. The van der Waals surface area contributed by atoms with Gasteiger partial charge in [-0.25, -0.2) is 12.7 Å². The van der Waals surface area contributed by atoms with Crippen LogP contribution in [0.3, 0.4) is 0 Å². The van der Waals surface area contributed by atoms with Crippen molar-refractivity contribution in [2.24, 2.45) is 0 Å². The monoisotopic (exact) mass is 325 g/mol. The van der Waals surface area contributed by atoms with Crippen LogP contribution in [-0.2, 0) is 10.0 Å². The number of sulfonamides is 1. The zero-order valence-electron chi connectivity index (χ0n) is 12.7. The minimum absolute atomic E-state index is 0.0213. The van der Waals surface area contributed by atoms with E-state index in [1.54, 1.807) is 25.3 Å². The number of ketones is 1. The molecular formula is C15H19NO5S. The summed E-state index contributed by atoms with van der Waals surface area (Å²) in [6.07, 6.45) is 2.54. The number of fused-ring (bicyclic) bond motifs is 1. The number of benzene rings is 1. The van der Waals surface area contributed by atoms with Gasteiger partial charge in [-0.1, -0.05) is 0 Å². The van der Waals surface area contributed by atoms with E-state index in [0.29, 0.717) is 43.0 Å². The van der Waals surface area contributed by atoms with Crippen LogP contribution in [0.1, 0.15) is 29.6 Å². The first-order chi connectivity index (χ1) is 10.3. The highest BCUT2D eigenvalue weighted by molar-refractivity contribution is 7.88. The molecule has 0 saturated carbocycles. The Morgan fingerprint density at radius 1 is 1.27 bits per heavy atom. The fourth-order valence-corrected chi connectivity index (χ4v) is 3.95. The van der Waals surface area contributed by atoms with Crippen molar-refractivity contribution in [3.63, 3.8) is 0 Å². The summed E-state index contributed by atoms with van der Waals surface area (Å²) in [5.41, 5.74) is -0.0460. The van der Waals surface area contributed by atoms with Crippen molar-refractivity contribution in [2.75, 3.05) is 26.5 Å². The number of carbonyl (C=O) groups excluding carboxylic acids is 1. The van der Waals surface area contributed by atoms with Gasteiger partial charge in [0.1, 0.15) is 17.1 Å². The average molecular weight is 325 g/mol. The van der Waals surface area contributed by atoms with E-state index in [-0.39, 0.29) is 12.2 Å². The molecule has 0 aliphatic carbocycles. The second kappa shape index (κ2) is 5.24. The van der Waals surface area contributed by atoms with Gasteiger partial charge in [-0.2, -0.15) is 0 Å². The Hall–Kier alpha value is -1.60. The molecule has 1 fully saturated rings.